The molecule has 2 atom stereocenters. The maximum absolute atomic E-state index is 13.7. The Morgan fingerprint density at radius 2 is 1.82 bits per heavy atom. The molecule has 1 fully saturated rings. The predicted octanol–water partition coefficient (Wildman–Crippen LogP) is 4.63. The number of hydrogen-bond acceptors (Lipinski definition) is 6. The lowest BCUT2D eigenvalue weighted by Crippen LogP contribution is -2.48. The van der Waals surface area contributed by atoms with Crippen molar-refractivity contribution < 1.29 is 28.6 Å². The Kier molecular flexibility index (Phi) is 7.81. The largest absolute Gasteiger partial charge is 0.491 e. The molecule has 0 saturated carbocycles. The number of ether oxygens (including phenoxy) is 3. The van der Waals surface area contributed by atoms with Crippen molar-refractivity contribution in [2.24, 2.45) is 0 Å². The molecular weight excluding hydrogens is 436 g/mol. The lowest BCUT2D eigenvalue weighted by atomic mass is 10.0. The Morgan fingerprint density at radius 3 is 2.47 bits per heavy atom. The summed E-state index contributed by atoms with van der Waals surface area (Å²) in [5.74, 6) is -0.0582. The van der Waals surface area contributed by atoms with Crippen LogP contribution in [0, 0.1) is 0 Å². The number of carbonyl (C=O) groups excluding carboxylic acids is 3. The number of rotatable bonds is 7. The predicted molar refractivity (Wildman–Crippen MR) is 126 cm³/mol. The number of alkyl carbamates (subject to hydrolysis) is 1. The van der Waals surface area contributed by atoms with E-state index < -0.39 is 35.8 Å². The highest BCUT2D eigenvalue weighted by Crippen LogP contribution is 2.27. The number of amides is 3. The maximum Gasteiger partial charge on any atom is 0.417 e. The van der Waals surface area contributed by atoms with Crippen molar-refractivity contribution >= 4 is 18.1 Å². The zero-order valence-electron chi connectivity index (χ0n) is 20.2. The van der Waals surface area contributed by atoms with Gasteiger partial charge in [-0.1, -0.05) is 42.5 Å². The number of hydrogen-bond donors (Lipinski definition) is 1. The van der Waals surface area contributed by atoms with Crippen molar-refractivity contribution in [3.63, 3.8) is 0 Å². The Hall–Kier alpha value is -3.55. The summed E-state index contributed by atoms with van der Waals surface area (Å²) in [5.41, 5.74) is 0.669. The molecule has 1 heterocycles. The van der Waals surface area contributed by atoms with Crippen LogP contribution in [0.5, 0.6) is 5.75 Å². The SMILES string of the molecule is CC(C)Oc1cccc([C@H](NC(=O)OC(C)(C)C)C(=O)N2C(=O)OC[C@@H]2Cc2ccccc2)c1. The number of cyclic esters (lactones) is 1. The quantitative estimate of drug-likeness (QED) is 0.637. The fourth-order valence-corrected chi connectivity index (χ4v) is 3.66. The van der Waals surface area contributed by atoms with Gasteiger partial charge >= 0.3 is 12.2 Å². The average molecular weight is 469 g/mol. The van der Waals surface area contributed by atoms with E-state index >= 15 is 0 Å². The van der Waals surface area contributed by atoms with Gasteiger partial charge in [0.25, 0.3) is 5.91 Å². The highest BCUT2D eigenvalue weighted by atomic mass is 16.6. The second-order valence-electron chi connectivity index (χ2n) is 9.45. The van der Waals surface area contributed by atoms with Crippen LogP contribution in [-0.4, -0.2) is 47.3 Å². The minimum atomic E-state index is -1.17. The molecule has 0 spiro atoms. The van der Waals surface area contributed by atoms with Crippen LogP contribution in [0.4, 0.5) is 9.59 Å². The van der Waals surface area contributed by atoms with E-state index in [1.54, 1.807) is 45.0 Å². The van der Waals surface area contributed by atoms with E-state index in [-0.39, 0.29) is 12.7 Å². The molecular formula is C26H32N2O6. The first-order valence-electron chi connectivity index (χ1n) is 11.3. The van der Waals surface area contributed by atoms with Crippen molar-refractivity contribution in [1.82, 2.24) is 10.2 Å². The molecule has 34 heavy (non-hydrogen) atoms. The topological polar surface area (TPSA) is 94.2 Å². The highest BCUT2D eigenvalue weighted by molar-refractivity contribution is 5.98. The molecule has 1 aliphatic rings. The molecule has 182 valence electrons. The third-order valence-corrected chi connectivity index (χ3v) is 4.98. The van der Waals surface area contributed by atoms with Gasteiger partial charge in [-0.05, 0) is 64.3 Å². The third-order valence-electron chi connectivity index (χ3n) is 4.98. The van der Waals surface area contributed by atoms with Crippen LogP contribution >= 0.6 is 0 Å². The van der Waals surface area contributed by atoms with E-state index in [0.29, 0.717) is 17.7 Å². The fourth-order valence-electron chi connectivity index (χ4n) is 3.66. The fraction of sp³-hybridized carbons (Fsp3) is 0.423. The van der Waals surface area contributed by atoms with Gasteiger partial charge in [0.05, 0.1) is 12.1 Å². The van der Waals surface area contributed by atoms with Gasteiger partial charge in [0, 0.05) is 0 Å². The molecule has 2 aromatic carbocycles. The monoisotopic (exact) mass is 468 g/mol. The van der Waals surface area contributed by atoms with Gasteiger partial charge in [0.1, 0.15) is 24.0 Å². The minimum Gasteiger partial charge on any atom is -0.491 e. The van der Waals surface area contributed by atoms with E-state index in [2.05, 4.69) is 5.32 Å². The molecule has 0 radical (unpaired) electrons. The molecule has 1 N–H and O–H groups in total. The molecule has 8 heteroatoms. The first-order chi connectivity index (χ1) is 16.0. The summed E-state index contributed by atoms with van der Waals surface area (Å²) in [4.78, 5) is 40.0. The van der Waals surface area contributed by atoms with Gasteiger partial charge in [-0.15, -0.1) is 0 Å². The van der Waals surface area contributed by atoms with E-state index in [9.17, 15) is 14.4 Å². The van der Waals surface area contributed by atoms with Crippen LogP contribution in [0.15, 0.2) is 54.6 Å². The summed E-state index contributed by atoms with van der Waals surface area (Å²) in [6.07, 6.45) is -1.15. The smallest absolute Gasteiger partial charge is 0.417 e. The van der Waals surface area contributed by atoms with Crippen molar-refractivity contribution in [1.29, 1.82) is 0 Å². The molecule has 1 aliphatic heterocycles. The Bertz CT molecular complexity index is 1020. The Morgan fingerprint density at radius 1 is 1.12 bits per heavy atom. The Balaban J connectivity index is 1.91. The van der Waals surface area contributed by atoms with Crippen LogP contribution in [0.3, 0.4) is 0 Å². The molecule has 0 aliphatic carbocycles. The number of nitrogens with zero attached hydrogens (tertiary/aromatic N) is 1. The van der Waals surface area contributed by atoms with Gasteiger partial charge in [0.2, 0.25) is 0 Å². The van der Waals surface area contributed by atoms with Crippen molar-refractivity contribution in [3.8, 4) is 5.75 Å². The third kappa shape index (κ3) is 6.73. The minimum absolute atomic E-state index is 0.0768. The van der Waals surface area contributed by atoms with Gasteiger partial charge in [-0.2, -0.15) is 0 Å². The molecule has 3 rings (SSSR count). The molecule has 3 amide bonds. The molecule has 0 aromatic heterocycles. The van der Waals surface area contributed by atoms with Crippen molar-refractivity contribution in [3.05, 3.63) is 65.7 Å². The summed E-state index contributed by atoms with van der Waals surface area (Å²) < 4.78 is 16.4. The molecule has 1 saturated heterocycles. The maximum atomic E-state index is 13.7. The standard InChI is InChI=1S/C26H32N2O6/c1-17(2)33-21-13-9-12-19(15-21)22(27-24(30)34-26(3,4)5)23(29)28-20(16-32-25(28)31)14-18-10-7-6-8-11-18/h6-13,15,17,20,22H,14,16H2,1-5H3,(H,27,30)/t20-,22-/m0/s1. The number of carbonyl (C=O) groups is 3. The van der Waals surface area contributed by atoms with E-state index in [1.165, 1.54) is 0 Å². The number of benzene rings is 2. The number of imide groups is 1. The van der Waals surface area contributed by atoms with Crippen LogP contribution in [0.2, 0.25) is 0 Å². The van der Waals surface area contributed by atoms with Gasteiger partial charge in [-0.25, -0.2) is 14.5 Å². The molecule has 0 bridgehead atoms. The van der Waals surface area contributed by atoms with Crippen LogP contribution in [-0.2, 0) is 20.7 Å². The average Bonchev–Trinajstić information content (AvgIpc) is 3.10. The van der Waals surface area contributed by atoms with E-state index in [1.807, 2.05) is 44.2 Å². The van der Waals surface area contributed by atoms with Gasteiger partial charge in [-0.3, -0.25) is 4.79 Å². The van der Waals surface area contributed by atoms with Crippen LogP contribution in [0.25, 0.3) is 0 Å². The lowest BCUT2D eigenvalue weighted by molar-refractivity contribution is -0.131. The normalized spacial score (nSPS) is 16.7. The van der Waals surface area contributed by atoms with E-state index in [0.717, 1.165) is 10.5 Å². The van der Waals surface area contributed by atoms with Crippen molar-refractivity contribution in [2.75, 3.05) is 6.61 Å². The summed E-state index contributed by atoms with van der Waals surface area (Å²) >= 11 is 0. The summed E-state index contributed by atoms with van der Waals surface area (Å²) in [6, 6.07) is 14.7. The molecule has 8 nitrogen and oxygen atoms in total. The second kappa shape index (κ2) is 10.6. The number of nitrogens with one attached hydrogen (secondary N) is 1. The zero-order chi connectivity index (χ0) is 24.9. The highest BCUT2D eigenvalue weighted by Gasteiger charge is 2.42. The summed E-state index contributed by atoms with van der Waals surface area (Å²) in [6.45, 7) is 9.05. The molecule has 0 unspecified atom stereocenters. The van der Waals surface area contributed by atoms with Gasteiger partial charge in [0.15, 0.2) is 0 Å². The second-order valence-corrected chi connectivity index (χ2v) is 9.45. The molecule has 2 aromatic rings. The van der Waals surface area contributed by atoms with Crippen molar-refractivity contribution in [2.45, 2.75) is 64.8 Å². The lowest BCUT2D eigenvalue weighted by Gasteiger charge is -2.27. The summed E-state index contributed by atoms with van der Waals surface area (Å²) in [5, 5.41) is 2.64. The van der Waals surface area contributed by atoms with Gasteiger partial charge < -0.3 is 19.5 Å². The van der Waals surface area contributed by atoms with Crippen LogP contribution < -0.4 is 10.1 Å². The van der Waals surface area contributed by atoms with E-state index in [4.69, 9.17) is 14.2 Å². The summed E-state index contributed by atoms with van der Waals surface area (Å²) in [7, 11) is 0. The zero-order valence-corrected chi connectivity index (χ0v) is 20.2. The first kappa shape index (κ1) is 25.1. The first-order valence-corrected chi connectivity index (χ1v) is 11.3. The Labute approximate surface area is 200 Å². The van der Waals surface area contributed by atoms with Crippen LogP contribution in [0.1, 0.15) is 51.8 Å².